The first-order valence-corrected chi connectivity index (χ1v) is 1.33. The smallest absolute Gasteiger partial charge is 0.125 e. The molecule has 0 aromatic heterocycles. The van der Waals surface area contributed by atoms with E-state index in [2.05, 4.69) is 4.89 Å². The topological polar surface area (TPSA) is 29.5 Å². The lowest BCUT2D eigenvalue weighted by Crippen LogP contribution is -1.59. The highest BCUT2D eigenvalue weighted by molar-refractivity contribution is 4.62. The molecule has 0 amide bonds. The zero-order valence-corrected chi connectivity index (χ0v) is 3.01. The molecule has 0 aromatic rings. The number of rotatable bonds is 1. The van der Waals surface area contributed by atoms with E-state index in [1.165, 1.54) is 6.26 Å². The van der Waals surface area contributed by atoms with Crippen LogP contribution < -0.4 is 0 Å². The second-order valence-electron chi connectivity index (χ2n) is 0.575. The standard InChI is InChI=1S/C3H6O2/c1-2-3-5-4/h2-4H,1H3/i2-1,3-1. The van der Waals surface area contributed by atoms with Gasteiger partial charge < -0.3 is 4.89 Å². The molecule has 0 aliphatic carbocycles. The Bertz CT molecular complexity index is 31.9. The Morgan fingerprint density at radius 1 is 1.80 bits per heavy atom. The van der Waals surface area contributed by atoms with E-state index in [0.29, 0.717) is 0 Å². The largest absolute Gasteiger partial charge is 0.349 e. The van der Waals surface area contributed by atoms with Crippen molar-refractivity contribution in [2.45, 2.75) is 6.92 Å². The van der Waals surface area contributed by atoms with Crippen molar-refractivity contribution < 1.29 is 10.1 Å². The van der Waals surface area contributed by atoms with Crippen LogP contribution in [0.2, 0.25) is 0 Å². The van der Waals surface area contributed by atoms with Gasteiger partial charge in [0.05, 0.1) is 0 Å². The van der Waals surface area contributed by atoms with Gasteiger partial charge >= 0.3 is 0 Å². The highest BCUT2D eigenvalue weighted by Crippen LogP contribution is 1.63. The van der Waals surface area contributed by atoms with Gasteiger partial charge in [0.15, 0.2) is 0 Å². The summed E-state index contributed by atoms with van der Waals surface area (Å²) >= 11 is 0. The number of allylic oxidation sites excluding steroid dienone is 1. The van der Waals surface area contributed by atoms with Crippen molar-refractivity contribution in [2.75, 3.05) is 0 Å². The van der Waals surface area contributed by atoms with Gasteiger partial charge in [0.2, 0.25) is 0 Å². The zero-order valence-electron chi connectivity index (χ0n) is 3.01. The Labute approximate surface area is 30.6 Å². The minimum Gasteiger partial charge on any atom is -0.349 e. The van der Waals surface area contributed by atoms with Gasteiger partial charge in [0, 0.05) is 0 Å². The molecule has 0 spiro atoms. The summed E-state index contributed by atoms with van der Waals surface area (Å²) < 4.78 is 0. The van der Waals surface area contributed by atoms with Gasteiger partial charge in [0.1, 0.15) is 6.26 Å². The molecule has 0 fully saturated rings. The first kappa shape index (κ1) is 4.50. The van der Waals surface area contributed by atoms with Crippen LogP contribution in [0.4, 0.5) is 0 Å². The molecule has 5 heavy (non-hydrogen) atoms. The Morgan fingerprint density at radius 3 is 2.40 bits per heavy atom. The summed E-state index contributed by atoms with van der Waals surface area (Å²) in [6.45, 7) is 1.75. The maximum absolute atomic E-state index is 7.48. The van der Waals surface area contributed by atoms with Crippen LogP contribution >= 0.6 is 0 Å². The molecule has 0 rings (SSSR count). The highest BCUT2D eigenvalue weighted by Gasteiger charge is 1.49. The second kappa shape index (κ2) is 3.50. The number of hydrogen-bond acceptors (Lipinski definition) is 2. The van der Waals surface area contributed by atoms with Crippen LogP contribution in [-0.2, 0) is 4.89 Å². The van der Waals surface area contributed by atoms with E-state index >= 15 is 0 Å². The quantitative estimate of drug-likeness (QED) is 0.284. The number of hydrogen-bond donors (Lipinski definition) is 1. The molecule has 2 nitrogen and oxygen atoms in total. The van der Waals surface area contributed by atoms with E-state index in [0.717, 1.165) is 0 Å². The zero-order chi connectivity index (χ0) is 4.12. The third-order valence-corrected chi connectivity index (χ3v) is 0.197. The van der Waals surface area contributed by atoms with Crippen LogP contribution in [0.25, 0.3) is 0 Å². The summed E-state index contributed by atoms with van der Waals surface area (Å²) in [4.78, 5) is 3.51. The van der Waals surface area contributed by atoms with Crippen molar-refractivity contribution in [1.82, 2.24) is 0 Å². The molecule has 0 aliphatic heterocycles. The molecular weight excluding hydrogens is 66.0 g/mol. The Kier molecular flexibility index (Phi) is 3.15. The molecule has 0 atom stereocenters. The highest BCUT2D eigenvalue weighted by atomic mass is 17.1. The van der Waals surface area contributed by atoms with Crippen LogP contribution in [-0.4, -0.2) is 5.26 Å². The van der Waals surface area contributed by atoms with E-state index < -0.39 is 0 Å². The average Bonchev–Trinajstić information content (AvgIpc) is 1.41. The van der Waals surface area contributed by atoms with Gasteiger partial charge in [-0.05, 0) is 13.0 Å². The third kappa shape index (κ3) is 3.50. The van der Waals surface area contributed by atoms with Crippen molar-refractivity contribution >= 4 is 0 Å². The Hall–Kier alpha value is -0.500. The maximum Gasteiger partial charge on any atom is 0.125 e. The van der Waals surface area contributed by atoms with E-state index in [1.54, 1.807) is 13.0 Å². The molecule has 0 saturated heterocycles. The molecule has 30 valence electrons. The van der Waals surface area contributed by atoms with Gasteiger partial charge in [-0.2, -0.15) is 0 Å². The fourth-order valence-corrected chi connectivity index (χ4v) is 0.0609. The molecule has 0 saturated carbocycles. The summed E-state index contributed by atoms with van der Waals surface area (Å²) in [5.74, 6) is 0. The maximum atomic E-state index is 7.48. The van der Waals surface area contributed by atoms with Gasteiger partial charge in [-0.25, -0.2) is 5.26 Å². The molecule has 0 aromatic carbocycles. The molecule has 1 N–H and O–H groups in total. The van der Waals surface area contributed by atoms with Crippen LogP contribution in [0.5, 0.6) is 0 Å². The molecule has 2 heteroatoms. The van der Waals surface area contributed by atoms with Gasteiger partial charge in [0.25, 0.3) is 0 Å². The lowest BCUT2D eigenvalue weighted by atomic mass is 9.96. The van der Waals surface area contributed by atoms with Crippen LogP contribution in [0.1, 0.15) is 6.92 Å². The van der Waals surface area contributed by atoms with Crippen LogP contribution in [0.15, 0.2) is 12.3 Å². The van der Waals surface area contributed by atoms with Crippen LogP contribution in [0, 0.1) is 0 Å². The van der Waals surface area contributed by atoms with E-state index in [-0.39, 0.29) is 0 Å². The summed E-state index contributed by atoms with van der Waals surface area (Å²) in [5.41, 5.74) is 0. The summed E-state index contributed by atoms with van der Waals surface area (Å²) in [5, 5.41) is 7.48. The molecule has 0 unspecified atom stereocenters. The molecule has 0 aliphatic rings. The van der Waals surface area contributed by atoms with E-state index in [4.69, 9.17) is 5.26 Å². The monoisotopic (exact) mass is 72.1 g/mol. The fraction of sp³-hybridized carbons (Fsp3) is 0.333. The van der Waals surface area contributed by atoms with Gasteiger partial charge in [-0.1, -0.05) is 0 Å². The molecule has 0 bridgehead atoms. The predicted molar refractivity (Wildman–Crippen MR) is 18.5 cm³/mol. The molecule has 0 radical (unpaired) electrons. The van der Waals surface area contributed by atoms with E-state index in [9.17, 15) is 0 Å². The third-order valence-electron chi connectivity index (χ3n) is 0.197. The minimum atomic E-state index is 1.18. The first-order valence-electron chi connectivity index (χ1n) is 1.33. The second-order valence-corrected chi connectivity index (χ2v) is 0.575. The van der Waals surface area contributed by atoms with Crippen molar-refractivity contribution in [3.63, 3.8) is 0 Å². The molecular formula is C3H6O2. The first-order chi connectivity index (χ1) is 2.41. The van der Waals surface area contributed by atoms with Gasteiger partial charge in [-0.3, -0.25) is 0 Å². The Morgan fingerprint density at radius 2 is 2.40 bits per heavy atom. The summed E-state index contributed by atoms with van der Waals surface area (Å²) in [6, 6.07) is 0. The normalized spacial score (nSPS) is 9.20. The lowest BCUT2D eigenvalue weighted by molar-refractivity contribution is -0.186. The predicted octanol–water partition coefficient (Wildman–Crippen LogP) is 1.01. The van der Waals surface area contributed by atoms with Crippen LogP contribution in [0.3, 0.4) is 0 Å². The van der Waals surface area contributed by atoms with Crippen molar-refractivity contribution in [2.24, 2.45) is 0 Å². The Balaban J connectivity index is 2.62. The van der Waals surface area contributed by atoms with Gasteiger partial charge in [-0.15, -0.1) is 0 Å². The van der Waals surface area contributed by atoms with Crippen molar-refractivity contribution in [1.29, 1.82) is 0 Å². The minimum absolute atomic E-state index is 1.18. The summed E-state index contributed by atoms with van der Waals surface area (Å²) in [7, 11) is 0. The SMILES string of the molecule is C[11CH]=[11CH]OO. The lowest BCUT2D eigenvalue weighted by Gasteiger charge is -1.73. The fourth-order valence-electron chi connectivity index (χ4n) is 0.0609. The van der Waals surface area contributed by atoms with Crippen molar-refractivity contribution in [3.8, 4) is 0 Å². The van der Waals surface area contributed by atoms with Crippen molar-refractivity contribution in [3.05, 3.63) is 12.3 Å². The summed E-state index contributed by atoms with van der Waals surface area (Å²) in [6.07, 6.45) is 2.76. The van der Waals surface area contributed by atoms with E-state index in [1.807, 2.05) is 0 Å². The average molecular weight is 72.1 g/mol. The molecule has 0 heterocycles.